The zero-order valence-electron chi connectivity index (χ0n) is 15.6. The summed E-state index contributed by atoms with van der Waals surface area (Å²) in [5, 5.41) is 11.6. The Morgan fingerprint density at radius 1 is 1.07 bits per heavy atom. The minimum atomic E-state index is -0.0554. The van der Waals surface area contributed by atoms with Crippen LogP contribution in [0.5, 0.6) is 0 Å². The Morgan fingerprint density at radius 2 is 1.81 bits per heavy atom. The first-order valence-electron chi connectivity index (χ1n) is 8.71. The number of aryl methyl sites for hydroxylation is 3. The van der Waals surface area contributed by atoms with Crippen LogP contribution in [0.15, 0.2) is 63.7 Å². The van der Waals surface area contributed by atoms with Crippen molar-refractivity contribution in [1.82, 2.24) is 14.8 Å². The van der Waals surface area contributed by atoms with Crippen LogP contribution in [0.1, 0.15) is 18.1 Å². The van der Waals surface area contributed by atoms with Crippen molar-refractivity contribution < 1.29 is 4.79 Å². The highest BCUT2D eigenvalue weighted by atomic mass is 32.2. The summed E-state index contributed by atoms with van der Waals surface area (Å²) >= 11 is 3.10. The van der Waals surface area contributed by atoms with Gasteiger partial charge < -0.3 is 9.88 Å². The summed E-state index contributed by atoms with van der Waals surface area (Å²) in [4.78, 5) is 14.5. The molecule has 0 spiro atoms. The third kappa shape index (κ3) is 5.37. The monoisotopic (exact) mass is 398 g/mol. The predicted molar refractivity (Wildman–Crippen MR) is 112 cm³/mol. The number of thioether (sulfide) groups is 1. The van der Waals surface area contributed by atoms with E-state index in [4.69, 9.17) is 0 Å². The van der Waals surface area contributed by atoms with Crippen LogP contribution in [0.25, 0.3) is 0 Å². The fourth-order valence-electron chi connectivity index (χ4n) is 2.42. The zero-order valence-corrected chi connectivity index (χ0v) is 17.2. The summed E-state index contributed by atoms with van der Waals surface area (Å²) in [5.74, 6) is 0.248. The summed E-state index contributed by atoms with van der Waals surface area (Å²) < 4.78 is 1.91. The summed E-state index contributed by atoms with van der Waals surface area (Å²) in [6.07, 6.45) is 1.67. The summed E-state index contributed by atoms with van der Waals surface area (Å²) in [5.41, 5.74) is 3.38. The van der Waals surface area contributed by atoms with Gasteiger partial charge in [-0.1, -0.05) is 29.6 Å². The van der Waals surface area contributed by atoms with E-state index >= 15 is 0 Å². The standard InChI is InChI=1S/C20H22N4OS2/c1-4-24-13-21-23-20(24)26-12-19(25)22-16-6-9-17(10-7-16)27-18-8-5-14(2)15(3)11-18/h5-11,13H,4,12H2,1-3H3,(H,22,25). The maximum atomic E-state index is 12.2. The molecule has 140 valence electrons. The molecule has 0 unspecified atom stereocenters. The molecule has 0 bridgehead atoms. The van der Waals surface area contributed by atoms with Crippen LogP contribution in [0.4, 0.5) is 5.69 Å². The van der Waals surface area contributed by atoms with Crippen molar-refractivity contribution in [2.24, 2.45) is 0 Å². The van der Waals surface area contributed by atoms with Crippen molar-refractivity contribution in [3.8, 4) is 0 Å². The molecular formula is C20H22N4OS2. The molecule has 0 fully saturated rings. The molecule has 2 aromatic carbocycles. The van der Waals surface area contributed by atoms with Crippen molar-refractivity contribution in [2.75, 3.05) is 11.1 Å². The van der Waals surface area contributed by atoms with E-state index in [2.05, 4.69) is 47.6 Å². The molecule has 0 atom stereocenters. The van der Waals surface area contributed by atoms with E-state index in [1.807, 2.05) is 35.8 Å². The Hall–Kier alpha value is -2.25. The van der Waals surface area contributed by atoms with Gasteiger partial charge in [-0.25, -0.2) is 0 Å². The third-order valence-corrected chi connectivity index (χ3v) is 6.08. The van der Waals surface area contributed by atoms with Crippen molar-refractivity contribution >= 4 is 35.1 Å². The lowest BCUT2D eigenvalue weighted by molar-refractivity contribution is -0.113. The number of aromatic nitrogens is 3. The second kappa shape index (κ2) is 9.10. The van der Waals surface area contributed by atoms with E-state index < -0.39 is 0 Å². The maximum Gasteiger partial charge on any atom is 0.234 e. The van der Waals surface area contributed by atoms with Gasteiger partial charge in [0.15, 0.2) is 5.16 Å². The molecular weight excluding hydrogens is 376 g/mol. The number of nitrogens with zero attached hydrogens (tertiary/aromatic N) is 3. The summed E-state index contributed by atoms with van der Waals surface area (Å²) in [6, 6.07) is 14.4. The predicted octanol–water partition coefficient (Wildman–Crippen LogP) is 4.80. The van der Waals surface area contributed by atoms with Crippen LogP contribution >= 0.6 is 23.5 Å². The first-order chi connectivity index (χ1) is 13.0. The third-order valence-electron chi connectivity index (χ3n) is 4.11. The lowest BCUT2D eigenvalue weighted by Crippen LogP contribution is -2.14. The molecule has 3 rings (SSSR count). The number of carbonyl (C=O) groups is 1. The Bertz CT molecular complexity index is 922. The first kappa shape index (κ1) is 19.5. The van der Waals surface area contributed by atoms with E-state index in [1.165, 1.54) is 27.8 Å². The number of hydrogen-bond acceptors (Lipinski definition) is 5. The number of carbonyl (C=O) groups excluding carboxylic acids is 1. The van der Waals surface area contributed by atoms with E-state index in [0.717, 1.165) is 22.3 Å². The highest BCUT2D eigenvalue weighted by Gasteiger charge is 2.08. The number of amides is 1. The second-order valence-corrected chi connectivity index (χ2v) is 8.20. The molecule has 1 N–H and O–H groups in total. The minimum Gasteiger partial charge on any atom is -0.325 e. The zero-order chi connectivity index (χ0) is 19.2. The molecule has 1 aromatic heterocycles. The molecule has 0 aliphatic carbocycles. The van der Waals surface area contributed by atoms with Gasteiger partial charge in [0, 0.05) is 22.0 Å². The van der Waals surface area contributed by atoms with E-state index in [9.17, 15) is 4.79 Å². The highest BCUT2D eigenvalue weighted by Crippen LogP contribution is 2.29. The lowest BCUT2D eigenvalue weighted by Gasteiger charge is -2.08. The second-order valence-electron chi connectivity index (χ2n) is 6.11. The SMILES string of the molecule is CCn1cnnc1SCC(=O)Nc1ccc(Sc2ccc(C)c(C)c2)cc1. The first-order valence-corrected chi connectivity index (χ1v) is 10.5. The molecule has 5 nitrogen and oxygen atoms in total. The molecule has 27 heavy (non-hydrogen) atoms. The number of nitrogens with one attached hydrogen (secondary N) is 1. The Kier molecular flexibility index (Phi) is 6.58. The van der Waals surface area contributed by atoms with E-state index in [-0.39, 0.29) is 5.91 Å². The smallest absolute Gasteiger partial charge is 0.234 e. The largest absolute Gasteiger partial charge is 0.325 e. The Labute approximate surface area is 168 Å². The molecule has 7 heteroatoms. The lowest BCUT2D eigenvalue weighted by atomic mass is 10.1. The van der Waals surface area contributed by atoms with Crippen molar-refractivity contribution in [3.63, 3.8) is 0 Å². The van der Waals surface area contributed by atoms with Gasteiger partial charge in [0.1, 0.15) is 6.33 Å². The number of anilines is 1. The van der Waals surface area contributed by atoms with Crippen LogP contribution in [-0.2, 0) is 11.3 Å². The molecule has 3 aromatic rings. The fraction of sp³-hybridized carbons (Fsp3) is 0.250. The average molecular weight is 399 g/mol. The molecule has 1 heterocycles. The molecule has 0 aliphatic rings. The average Bonchev–Trinajstić information content (AvgIpc) is 3.12. The number of rotatable bonds is 7. The van der Waals surface area contributed by atoms with Crippen LogP contribution in [0.2, 0.25) is 0 Å². The molecule has 0 saturated carbocycles. The van der Waals surface area contributed by atoms with Gasteiger partial charge in [-0.15, -0.1) is 10.2 Å². The van der Waals surface area contributed by atoms with Crippen molar-refractivity contribution in [2.45, 2.75) is 42.3 Å². The van der Waals surface area contributed by atoms with Gasteiger partial charge in [-0.05, 0) is 68.3 Å². The number of benzene rings is 2. The van der Waals surface area contributed by atoms with Gasteiger partial charge in [-0.2, -0.15) is 0 Å². The van der Waals surface area contributed by atoms with Crippen LogP contribution in [-0.4, -0.2) is 26.4 Å². The Morgan fingerprint density at radius 3 is 2.52 bits per heavy atom. The maximum absolute atomic E-state index is 12.2. The van der Waals surface area contributed by atoms with Crippen LogP contribution < -0.4 is 5.32 Å². The van der Waals surface area contributed by atoms with Crippen molar-refractivity contribution in [1.29, 1.82) is 0 Å². The van der Waals surface area contributed by atoms with E-state index in [1.54, 1.807) is 18.1 Å². The van der Waals surface area contributed by atoms with Gasteiger partial charge >= 0.3 is 0 Å². The normalized spacial score (nSPS) is 10.8. The van der Waals surface area contributed by atoms with E-state index in [0.29, 0.717) is 5.75 Å². The molecule has 0 aliphatic heterocycles. The van der Waals surface area contributed by atoms with Gasteiger partial charge in [0.05, 0.1) is 5.75 Å². The quantitative estimate of drug-likeness (QED) is 0.580. The minimum absolute atomic E-state index is 0.0554. The molecule has 0 radical (unpaired) electrons. The molecule has 1 amide bonds. The van der Waals surface area contributed by atoms with Gasteiger partial charge in [0.25, 0.3) is 0 Å². The van der Waals surface area contributed by atoms with Crippen LogP contribution in [0, 0.1) is 13.8 Å². The number of hydrogen-bond donors (Lipinski definition) is 1. The summed E-state index contributed by atoms with van der Waals surface area (Å²) in [7, 11) is 0. The van der Waals surface area contributed by atoms with Gasteiger partial charge in [0.2, 0.25) is 5.91 Å². The highest BCUT2D eigenvalue weighted by molar-refractivity contribution is 7.99. The van der Waals surface area contributed by atoms with Crippen LogP contribution in [0.3, 0.4) is 0 Å². The molecule has 0 saturated heterocycles. The van der Waals surface area contributed by atoms with Crippen molar-refractivity contribution in [3.05, 3.63) is 59.9 Å². The topological polar surface area (TPSA) is 59.8 Å². The van der Waals surface area contributed by atoms with Gasteiger partial charge in [-0.3, -0.25) is 4.79 Å². The summed E-state index contributed by atoms with van der Waals surface area (Å²) in [6.45, 7) is 7.05. The fourth-order valence-corrected chi connectivity index (χ4v) is 4.12. The Balaban J connectivity index is 1.53.